The van der Waals surface area contributed by atoms with Gasteiger partial charge in [-0.3, -0.25) is 4.79 Å². The van der Waals surface area contributed by atoms with Crippen LogP contribution in [0, 0.1) is 5.82 Å². The van der Waals surface area contributed by atoms with E-state index < -0.39 is 15.3 Å². The number of sulfone groups is 1. The Kier molecular flexibility index (Phi) is 5.02. The zero-order chi connectivity index (χ0) is 23.7. The van der Waals surface area contributed by atoms with Gasteiger partial charge < -0.3 is 14.8 Å². The number of nitrogens with zero attached hydrogens (tertiary/aromatic N) is 3. The lowest BCUT2D eigenvalue weighted by molar-refractivity contribution is -0.120. The van der Waals surface area contributed by atoms with Crippen LogP contribution < -0.4 is 10.2 Å². The molecule has 7 nitrogen and oxygen atoms in total. The van der Waals surface area contributed by atoms with Gasteiger partial charge in [-0.05, 0) is 55.2 Å². The SMILES string of the molecule is O=C1N(Cc2nc3cc(Cl)ccc3n2CCNC2CCS(=O)(=O)C2)c2cc(F)ccc2C12CC2. The Morgan fingerprint density at radius 1 is 1.21 bits per heavy atom. The number of hydrogen-bond acceptors (Lipinski definition) is 5. The second-order valence-electron chi connectivity index (χ2n) is 9.50. The quantitative estimate of drug-likeness (QED) is 0.559. The summed E-state index contributed by atoms with van der Waals surface area (Å²) < 4.78 is 39.7. The lowest BCUT2D eigenvalue weighted by Crippen LogP contribution is -2.34. The van der Waals surface area contributed by atoms with E-state index in [1.165, 1.54) is 12.1 Å². The highest BCUT2D eigenvalue weighted by Gasteiger charge is 2.59. The molecule has 2 aliphatic heterocycles. The van der Waals surface area contributed by atoms with Crippen molar-refractivity contribution in [2.24, 2.45) is 0 Å². The van der Waals surface area contributed by atoms with Crippen molar-refractivity contribution in [3.63, 3.8) is 0 Å². The number of aromatic nitrogens is 2. The van der Waals surface area contributed by atoms with Gasteiger partial charge >= 0.3 is 0 Å². The van der Waals surface area contributed by atoms with Crippen LogP contribution in [0.2, 0.25) is 5.02 Å². The second kappa shape index (κ2) is 7.76. The largest absolute Gasteiger partial charge is 0.325 e. The molecule has 3 heterocycles. The van der Waals surface area contributed by atoms with Gasteiger partial charge in [0.05, 0.1) is 40.2 Å². The number of hydrogen-bond donors (Lipinski definition) is 1. The summed E-state index contributed by atoms with van der Waals surface area (Å²) in [7, 11) is -2.96. The van der Waals surface area contributed by atoms with Gasteiger partial charge in [-0.1, -0.05) is 17.7 Å². The molecule has 10 heteroatoms. The standard InChI is InChI=1S/C24H24ClFN4O3S/c25-15-1-4-20-19(11-15)28-22(29(20)9-8-27-17-5-10-34(32,33)14-17)13-30-21-12-16(26)2-3-18(21)24(6-7-24)23(30)31/h1-4,11-12,17,27H,5-10,13-14H2. The summed E-state index contributed by atoms with van der Waals surface area (Å²) in [6.07, 6.45) is 2.17. The molecule has 1 saturated heterocycles. The Morgan fingerprint density at radius 2 is 2.03 bits per heavy atom. The van der Waals surface area contributed by atoms with Gasteiger partial charge in [-0.2, -0.15) is 0 Å². The van der Waals surface area contributed by atoms with E-state index in [4.69, 9.17) is 16.6 Å². The van der Waals surface area contributed by atoms with E-state index in [9.17, 15) is 17.6 Å². The molecule has 1 aromatic heterocycles. The molecule has 0 bridgehead atoms. The van der Waals surface area contributed by atoms with Crippen LogP contribution in [-0.2, 0) is 33.1 Å². The average molecular weight is 503 g/mol. The third kappa shape index (κ3) is 3.61. The van der Waals surface area contributed by atoms with Gasteiger partial charge in [0.2, 0.25) is 5.91 Å². The van der Waals surface area contributed by atoms with Crippen molar-refractivity contribution in [2.75, 3.05) is 23.0 Å². The van der Waals surface area contributed by atoms with E-state index in [0.29, 0.717) is 36.0 Å². The van der Waals surface area contributed by atoms with Crippen molar-refractivity contribution >= 4 is 44.1 Å². The van der Waals surface area contributed by atoms with E-state index in [-0.39, 0.29) is 35.8 Å². The van der Waals surface area contributed by atoms with Gasteiger partial charge in [0, 0.05) is 24.2 Å². The highest BCUT2D eigenvalue weighted by Crippen LogP contribution is 2.57. The number of anilines is 1. The minimum atomic E-state index is -2.96. The third-order valence-corrected chi connectivity index (χ3v) is 9.26. The first-order valence-corrected chi connectivity index (χ1v) is 13.7. The van der Waals surface area contributed by atoms with Crippen LogP contribution in [0.5, 0.6) is 0 Å². The van der Waals surface area contributed by atoms with E-state index in [1.807, 2.05) is 10.6 Å². The molecule has 2 fully saturated rings. The Balaban J connectivity index is 1.31. The number of halogens is 2. The molecule has 3 aliphatic rings. The number of carbonyl (C=O) groups is 1. The fourth-order valence-electron chi connectivity index (χ4n) is 5.38. The van der Waals surface area contributed by atoms with Crippen LogP contribution in [0.25, 0.3) is 11.0 Å². The monoisotopic (exact) mass is 502 g/mol. The normalized spacial score (nSPS) is 22.1. The number of rotatable bonds is 6. The highest BCUT2D eigenvalue weighted by atomic mass is 35.5. The zero-order valence-electron chi connectivity index (χ0n) is 18.4. The number of carbonyl (C=O) groups excluding carboxylic acids is 1. The van der Waals surface area contributed by atoms with Crippen molar-refractivity contribution in [3.05, 3.63) is 58.6 Å². The van der Waals surface area contributed by atoms with Crippen LogP contribution in [0.4, 0.5) is 10.1 Å². The maximum Gasteiger partial charge on any atom is 0.238 e. The maximum atomic E-state index is 14.1. The predicted molar refractivity (Wildman–Crippen MR) is 128 cm³/mol. The summed E-state index contributed by atoms with van der Waals surface area (Å²) in [4.78, 5) is 19.8. The molecule has 1 atom stereocenters. The Bertz CT molecular complexity index is 1430. The Morgan fingerprint density at radius 3 is 2.76 bits per heavy atom. The van der Waals surface area contributed by atoms with Crippen LogP contribution >= 0.6 is 11.6 Å². The van der Waals surface area contributed by atoms with Gasteiger partial charge in [-0.15, -0.1) is 0 Å². The van der Waals surface area contributed by atoms with E-state index >= 15 is 0 Å². The molecule has 1 amide bonds. The number of nitrogens with one attached hydrogen (secondary N) is 1. The molecule has 1 saturated carbocycles. The van der Waals surface area contributed by atoms with E-state index in [1.54, 1.807) is 23.1 Å². The lowest BCUT2D eigenvalue weighted by Gasteiger charge is -2.19. The molecule has 178 valence electrons. The summed E-state index contributed by atoms with van der Waals surface area (Å²) in [5.41, 5.74) is 2.60. The first-order valence-electron chi connectivity index (χ1n) is 11.5. The fraction of sp³-hybridized carbons (Fsp3) is 0.417. The number of benzene rings is 2. The molecular formula is C24H24ClFN4O3S. The summed E-state index contributed by atoms with van der Waals surface area (Å²) in [5.74, 6) is 0.688. The van der Waals surface area contributed by atoms with Gasteiger partial charge in [0.25, 0.3) is 0 Å². The van der Waals surface area contributed by atoms with Crippen LogP contribution in [0.1, 0.15) is 30.7 Å². The van der Waals surface area contributed by atoms with Crippen molar-refractivity contribution < 1.29 is 17.6 Å². The minimum absolute atomic E-state index is 0.000902. The zero-order valence-corrected chi connectivity index (χ0v) is 20.0. The van der Waals surface area contributed by atoms with Crippen molar-refractivity contribution in [1.82, 2.24) is 14.9 Å². The molecule has 0 radical (unpaired) electrons. The second-order valence-corrected chi connectivity index (χ2v) is 12.2. The first-order chi connectivity index (χ1) is 16.3. The molecular weight excluding hydrogens is 479 g/mol. The van der Waals surface area contributed by atoms with Crippen molar-refractivity contribution in [3.8, 4) is 0 Å². The molecule has 1 N–H and O–H groups in total. The molecule has 3 aromatic rings. The summed E-state index contributed by atoms with van der Waals surface area (Å²) in [6.45, 7) is 1.33. The van der Waals surface area contributed by atoms with Gasteiger partial charge in [0.15, 0.2) is 9.84 Å². The van der Waals surface area contributed by atoms with Crippen molar-refractivity contribution in [1.29, 1.82) is 0 Å². The third-order valence-electron chi connectivity index (χ3n) is 7.26. The highest BCUT2D eigenvalue weighted by molar-refractivity contribution is 7.91. The molecule has 1 spiro atoms. The first kappa shape index (κ1) is 22.0. The minimum Gasteiger partial charge on any atom is -0.325 e. The predicted octanol–water partition coefficient (Wildman–Crippen LogP) is 3.18. The molecule has 1 unspecified atom stereocenters. The van der Waals surface area contributed by atoms with Crippen LogP contribution in [0.15, 0.2) is 36.4 Å². The summed E-state index contributed by atoms with van der Waals surface area (Å²) >= 11 is 6.20. The number of imidazole rings is 1. The van der Waals surface area contributed by atoms with E-state index in [0.717, 1.165) is 29.4 Å². The summed E-state index contributed by atoms with van der Waals surface area (Å²) in [6, 6.07) is 10.0. The maximum absolute atomic E-state index is 14.1. The molecule has 1 aliphatic carbocycles. The fourth-order valence-corrected chi connectivity index (χ4v) is 7.26. The van der Waals surface area contributed by atoms with Crippen LogP contribution in [-0.4, -0.2) is 48.0 Å². The topological polar surface area (TPSA) is 84.3 Å². The van der Waals surface area contributed by atoms with Crippen molar-refractivity contribution in [2.45, 2.75) is 43.8 Å². The Hall–Kier alpha value is -2.49. The smallest absolute Gasteiger partial charge is 0.238 e. The number of amides is 1. The lowest BCUT2D eigenvalue weighted by atomic mass is 9.98. The summed E-state index contributed by atoms with van der Waals surface area (Å²) in [5, 5.41) is 3.91. The van der Waals surface area contributed by atoms with Crippen LogP contribution in [0.3, 0.4) is 0 Å². The van der Waals surface area contributed by atoms with Gasteiger partial charge in [-0.25, -0.2) is 17.8 Å². The average Bonchev–Trinajstić information content (AvgIpc) is 3.36. The van der Waals surface area contributed by atoms with E-state index in [2.05, 4.69) is 5.32 Å². The molecule has 6 rings (SSSR count). The molecule has 2 aromatic carbocycles. The van der Waals surface area contributed by atoms with Gasteiger partial charge in [0.1, 0.15) is 11.6 Å². The molecule has 34 heavy (non-hydrogen) atoms. The Labute approximate surface area is 201 Å². The number of fused-ring (bicyclic) bond motifs is 3.